The number of hydrogen-bond donors (Lipinski definition) is 3. The minimum absolute atomic E-state index is 0.149. The number of rotatable bonds is 3. The van der Waals surface area contributed by atoms with Crippen molar-refractivity contribution in [2.75, 3.05) is 32.1 Å². The molecule has 0 bridgehead atoms. The number of carboxylic acids is 1. The molecule has 94 valence electrons. The third-order valence-electron chi connectivity index (χ3n) is 1.73. The van der Waals surface area contributed by atoms with E-state index in [0.29, 0.717) is 13.2 Å². The second kappa shape index (κ2) is 9.38. The van der Waals surface area contributed by atoms with Crippen molar-refractivity contribution in [3.8, 4) is 0 Å². The van der Waals surface area contributed by atoms with Gasteiger partial charge in [0, 0.05) is 19.6 Å². The summed E-state index contributed by atoms with van der Waals surface area (Å²) in [6.07, 6.45) is 0. The molecule has 0 radical (unpaired) electrons. The summed E-state index contributed by atoms with van der Waals surface area (Å²) in [4.78, 5) is 20.3. The molecule has 0 aromatic carbocycles. The predicted octanol–water partition coefficient (Wildman–Crippen LogP) is -0.579. The fourth-order valence-electron chi connectivity index (χ4n) is 1.06. The summed E-state index contributed by atoms with van der Waals surface area (Å²) in [5, 5.41) is 13.8. The van der Waals surface area contributed by atoms with Crippen LogP contribution in [0.25, 0.3) is 0 Å². The Kier molecular flexibility index (Phi) is 8.88. The third-order valence-corrected chi connectivity index (χ3v) is 1.96. The lowest BCUT2D eigenvalue weighted by Gasteiger charge is -2.22. The number of esters is 1. The maximum Gasteiger partial charge on any atom is 0.324 e. The van der Waals surface area contributed by atoms with Crippen LogP contribution in [-0.4, -0.2) is 55.2 Å². The van der Waals surface area contributed by atoms with Crippen LogP contribution >= 0.6 is 11.6 Å². The van der Waals surface area contributed by atoms with Crippen LogP contribution in [0.1, 0.15) is 6.92 Å². The number of halogens is 1. The van der Waals surface area contributed by atoms with E-state index in [1.54, 1.807) is 0 Å². The predicted molar refractivity (Wildman–Crippen MR) is 59.6 cm³/mol. The van der Waals surface area contributed by atoms with E-state index < -0.39 is 5.97 Å². The van der Waals surface area contributed by atoms with E-state index in [4.69, 9.17) is 21.4 Å². The summed E-state index contributed by atoms with van der Waals surface area (Å²) in [6.45, 7) is 4.71. The molecule has 3 N–H and O–H groups in total. The van der Waals surface area contributed by atoms with Gasteiger partial charge in [-0.3, -0.25) is 9.59 Å². The van der Waals surface area contributed by atoms with Crippen LogP contribution in [0.15, 0.2) is 0 Å². The summed E-state index contributed by atoms with van der Waals surface area (Å²) in [6, 6.07) is -0.149. The highest BCUT2D eigenvalue weighted by Gasteiger charge is 2.20. The van der Waals surface area contributed by atoms with Gasteiger partial charge in [0.15, 0.2) is 0 Å². The van der Waals surface area contributed by atoms with E-state index in [9.17, 15) is 9.59 Å². The van der Waals surface area contributed by atoms with E-state index in [1.807, 2.05) is 6.92 Å². The SMILES string of the molecule is CCOC(=O)C1CNCCN1.O=C(O)CCl. The molecule has 0 spiro atoms. The van der Waals surface area contributed by atoms with Gasteiger partial charge in [-0.05, 0) is 6.92 Å². The number of ether oxygens (including phenoxy) is 1. The van der Waals surface area contributed by atoms with Gasteiger partial charge in [-0.1, -0.05) is 0 Å². The Labute approximate surface area is 99.3 Å². The first-order chi connectivity index (χ1) is 7.61. The molecule has 1 atom stereocenters. The third kappa shape index (κ3) is 7.44. The van der Waals surface area contributed by atoms with Crippen molar-refractivity contribution < 1.29 is 19.4 Å². The largest absolute Gasteiger partial charge is 0.480 e. The van der Waals surface area contributed by atoms with Gasteiger partial charge in [-0.2, -0.15) is 0 Å². The van der Waals surface area contributed by atoms with Gasteiger partial charge in [0.05, 0.1) is 6.61 Å². The number of nitrogens with one attached hydrogen (secondary N) is 2. The lowest BCUT2D eigenvalue weighted by molar-refractivity contribution is -0.145. The molecular weight excluding hydrogens is 236 g/mol. The smallest absolute Gasteiger partial charge is 0.324 e. The van der Waals surface area contributed by atoms with E-state index in [0.717, 1.165) is 13.1 Å². The first-order valence-corrected chi connectivity index (χ1v) is 5.53. The molecular formula is C9H17ClN2O4. The van der Waals surface area contributed by atoms with E-state index in [2.05, 4.69) is 10.6 Å². The van der Waals surface area contributed by atoms with Crippen molar-refractivity contribution in [2.45, 2.75) is 13.0 Å². The van der Waals surface area contributed by atoms with Crippen molar-refractivity contribution in [3.05, 3.63) is 0 Å². The van der Waals surface area contributed by atoms with Gasteiger partial charge < -0.3 is 20.5 Å². The number of piperazine rings is 1. The Bertz CT molecular complexity index is 220. The van der Waals surface area contributed by atoms with Crippen LogP contribution in [0.3, 0.4) is 0 Å². The molecule has 16 heavy (non-hydrogen) atoms. The van der Waals surface area contributed by atoms with Gasteiger partial charge in [0.1, 0.15) is 11.9 Å². The molecule has 1 aliphatic heterocycles. The molecule has 7 heteroatoms. The van der Waals surface area contributed by atoms with Gasteiger partial charge in [-0.25, -0.2) is 0 Å². The average molecular weight is 253 g/mol. The van der Waals surface area contributed by atoms with Crippen molar-refractivity contribution >= 4 is 23.5 Å². The zero-order valence-corrected chi connectivity index (χ0v) is 9.92. The Morgan fingerprint density at radius 2 is 2.12 bits per heavy atom. The summed E-state index contributed by atoms with van der Waals surface area (Å²) < 4.78 is 4.84. The summed E-state index contributed by atoms with van der Waals surface area (Å²) in [5.74, 6) is -1.44. The topological polar surface area (TPSA) is 87.7 Å². The van der Waals surface area contributed by atoms with Crippen molar-refractivity contribution in [3.63, 3.8) is 0 Å². The van der Waals surface area contributed by atoms with Crippen LogP contribution in [0.4, 0.5) is 0 Å². The van der Waals surface area contributed by atoms with Crippen molar-refractivity contribution in [1.29, 1.82) is 0 Å². The summed E-state index contributed by atoms with van der Waals surface area (Å²) in [7, 11) is 0. The Hall–Kier alpha value is -0.850. The molecule has 0 aliphatic carbocycles. The minimum atomic E-state index is -0.980. The Balaban J connectivity index is 0.000000385. The lowest BCUT2D eigenvalue weighted by atomic mass is 10.2. The van der Waals surface area contributed by atoms with Gasteiger partial charge >= 0.3 is 11.9 Å². The first kappa shape index (κ1) is 15.2. The standard InChI is InChI=1S/C7H14N2O2.C2H3ClO2/c1-2-11-7(10)6-5-8-3-4-9-6;3-1-2(4)5/h6,8-9H,2-5H2,1H3;1H2,(H,4,5). The van der Waals surface area contributed by atoms with Gasteiger partial charge in [-0.15, -0.1) is 11.6 Å². The molecule has 1 fully saturated rings. The highest BCUT2D eigenvalue weighted by molar-refractivity contribution is 6.26. The molecule has 0 amide bonds. The molecule has 1 saturated heterocycles. The maximum atomic E-state index is 11.1. The molecule has 1 unspecified atom stereocenters. The number of carboxylic acid groups (broad SMARTS) is 1. The van der Waals surface area contributed by atoms with Crippen molar-refractivity contribution in [2.24, 2.45) is 0 Å². The van der Waals surface area contributed by atoms with Crippen molar-refractivity contribution in [1.82, 2.24) is 10.6 Å². The quantitative estimate of drug-likeness (QED) is 0.460. The van der Waals surface area contributed by atoms with Crippen LogP contribution < -0.4 is 10.6 Å². The molecule has 1 rings (SSSR count). The van der Waals surface area contributed by atoms with Crippen LogP contribution in [-0.2, 0) is 14.3 Å². The second-order valence-electron chi connectivity index (χ2n) is 2.99. The zero-order valence-electron chi connectivity index (χ0n) is 9.16. The zero-order chi connectivity index (χ0) is 12.4. The monoisotopic (exact) mass is 252 g/mol. The number of hydrogen-bond acceptors (Lipinski definition) is 5. The molecule has 0 saturated carbocycles. The molecule has 0 aromatic heterocycles. The molecule has 6 nitrogen and oxygen atoms in total. The second-order valence-corrected chi connectivity index (χ2v) is 3.26. The Morgan fingerprint density at radius 3 is 2.50 bits per heavy atom. The number of aliphatic carboxylic acids is 1. The highest BCUT2D eigenvalue weighted by atomic mass is 35.5. The van der Waals surface area contributed by atoms with Crippen LogP contribution in [0, 0.1) is 0 Å². The van der Waals surface area contributed by atoms with E-state index >= 15 is 0 Å². The fourth-order valence-corrected chi connectivity index (χ4v) is 1.06. The van der Waals surface area contributed by atoms with E-state index in [1.165, 1.54) is 0 Å². The Morgan fingerprint density at radius 1 is 1.50 bits per heavy atom. The fraction of sp³-hybridized carbons (Fsp3) is 0.778. The molecule has 1 aliphatic rings. The number of alkyl halides is 1. The van der Waals surface area contributed by atoms with Gasteiger partial charge in [0.2, 0.25) is 0 Å². The highest BCUT2D eigenvalue weighted by Crippen LogP contribution is 1.90. The first-order valence-electron chi connectivity index (χ1n) is 5.00. The van der Waals surface area contributed by atoms with Crippen LogP contribution in [0.2, 0.25) is 0 Å². The van der Waals surface area contributed by atoms with Gasteiger partial charge in [0.25, 0.3) is 0 Å². The average Bonchev–Trinajstić information content (AvgIpc) is 2.31. The number of carbonyl (C=O) groups is 2. The summed E-state index contributed by atoms with van der Waals surface area (Å²) >= 11 is 4.74. The lowest BCUT2D eigenvalue weighted by Crippen LogP contribution is -2.52. The minimum Gasteiger partial charge on any atom is -0.480 e. The molecule has 0 aromatic rings. The van der Waals surface area contributed by atoms with Crippen LogP contribution in [0.5, 0.6) is 0 Å². The molecule has 1 heterocycles. The normalized spacial score (nSPS) is 19.2. The van der Waals surface area contributed by atoms with E-state index in [-0.39, 0.29) is 17.9 Å². The maximum absolute atomic E-state index is 11.1. The number of carbonyl (C=O) groups excluding carboxylic acids is 1. The summed E-state index contributed by atoms with van der Waals surface area (Å²) in [5.41, 5.74) is 0.